The number of anilines is 1. The number of hydrogen-bond donors (Lipinski definition) is 1. The molecule has 1 aliphatic heterocycles. The number of carbonyl (C=O) groups excluding carboxylic acids is 1. The molecule has 1 unspecified atom stereocenters. The van der Waals surface area contributed by atoms with Gasteiger partial charge in [0, 0.05) is 17.7 Å². The molecule has 2 rings (SSSR count). The number of nitrogens with one attached hydrogen (secondary N) is 1. The van der Waals surface area contributed by atoms with E-state index in [1.54, 1.807) is 7.11 Å². The maximum absolute atomic E-state index is 12.1. The lowest BCUT2D eigenvalue weighted by Gasteiger charge is -2.22. The smallest absolute Gasteiger partial charge is 0.329 e. The summed E-state index contributed by atoms with van der Waals surface area (Å²) in [4.78, 5) is 12.1. The summed E-state index contributed by atoms with van der Waals surface area (Å²) in [5, 5.41) is 3.25. The van der Waals surface area contributed by atoms with Gasteiger partial charge in [-0.05, 0) is 39.3 Å². The van der Waals surface area contributed by atoms with E-state index in [1.807, 2.05) is 39.8 Å². The number of ether oxygens (including phenoxy) is 2. The van der Waals surface area contributed by atoms with Crippen molar-refractivity contribution in [3.63, 3.8) is 0 Å². The summed E-state index contributed by atoms with van der Waals surface area (Å²) in [6.07, 6.45) is 0.606. The van der Waals surface area contributed by atoms with E-state index in [9.17, 15) is 4.79 Å². The number of hydrogen-bond acceptors (Lipinski definition) is 4. The van der Waals surface area contributed by atoms with Crippen LogP contribution in [0.25, 0.3) is 0 Å². The first kappa shape index (κ1) is 13.7. The lowest BCUT2D eigenvalue weighted by Crippen LogP contribution is -2.35. The molecule has 0 aliphatic carbocycles. The highest BCUT2D eigenvalue weighted by atomic mass is 16.6. The van der Waals surface area contributed by atoms with Crippen molar-refractivity contribution < 1.29 is 14.3 Å². The van der Waals surface area contributed by atoms with Crippen LogP contribution < -0.4 is 10.1 Å². The van der Waals surface area contributed by atoms with Gasteiger partial charge in [-0.2, -0.15) is 0 Å². The molecule has 0 radical (unpaired) electrons. The van der Waals surface area contributed by atoms with E-state index in [0.717, 1.165) is 22.6 Å². The van der Waals surface area contributed by atoms with Crippen LogP contribution in [0.2, 0.25) is 0 Å². The van der Waals surface area contributed by atoms with Gasteiger partial charge in [0.05, 0.1) is 7.11 Å². The van der Waals surface area contributed by atoms with Crippen LogP contribution >= 0.6 is 0 Å². The molecule has 104 valence electrons. The topological polar surface area (TPSA) is 47.6 Å². The van der Waals surface area contributed by atoms with Gasteiger partial charge in [-0.1, -0.05) is 6.07 Å². The Morgan fingerprint density at radius 3 is 2.63 bits per heavy atom. The van der Waals surface area contributed by atoms with Gasteiger partial charge in [-0.15, -0.1) is 0 Å². The summed E-state index contributed by atoms with van der Waals surface area (Å²) in [7, 11) is 1.64. The number of carbonyl (C=O) groups is 1. The maximum Gasteiger partial charge on any atom is 0.329 e. The zero-order chi connectivity index (χ0) is 14.2. The molecule has 19 heavy (non-hydrogen) atoms. The molecule has 1 heterocycles. The Morgan fingerprint density at radius 2 is 2.05 bits per heavy atom. The molecule has 0 aromatic heterocycles. The monoisotopic (exact) mass is 263 g/mol. The lowest BCUT2D eigenvalue weighted by molar-refractivity contribution is -0.155. The fourth-order valence-electron chi connectivity index (χ4n) is 2.29. The zero-order valence-electron chi connectivity index (χ0n) is 12.2. The Morgan fingerprint density at radius 1 is 1.37 bits per heavy atom. The van der Waals surface area contributed by atoms with E-state index in [0.29, 0.717) is 6.42 Å². The van der Waals surface area contributed by atoms with Crippen LogP contribution in [0.1, 0.15) is 31.9 Å². The van der Waals surface area contributed by atoms with Gasteiger partial charge in [0.2, 0.25) is 0 Å². The summed E-state index contributed by atoms with van der Waals surface area (Å²) >= 11 is 0. The standard InChI is InChI=1S/C15H21NO3/c1-9-6-7-12(18-5)10-8-11(16-13(9)10)14(17)19-15(2,3)4/h6-7,11,16H,8H2,1-5H3. The van der Waals surface area contributed by atoms with Crippen molar-refractivity contribution in [3.05, 3.63) is 23.3 Å². The first-order chi connectivity index (χ1) is 8.81. The summed E-state index contributed by atoms with van der Waals surface area (Å²) < 4.78 is 10.8. The Labute approximate surface area is 114 Å². The Kier molecular flexibility index (Phi) is 3.43. The van der Waals surface area contributed by atoms with E-state index >= 15 is 0 Å². The fraction of sp³-hybridized carbons (Fsp3) is 0.533. The average Bonchev–Trinajstić information content (AvgIpc) is 2.73. The summed E-state index contributed by atoms with van der Waals surface area (Å²) in [6, 6.07) is 3.60. The van der Waals surface area contributed by atoms with Gasteiger partial charge in [-0.3, -0.25) is 0 Å². The molecule has 4 nitrogen and oxygen atoms in total. The van der Waals surface area contributed by atoms with Gasteiger partial charge >= 0.3 is 5.97 Å². The third-order valence-corrected chi connectivity index (χ3v) is 3.12. The van der Waals surface area contributed by atoms with Crippen LogP contribution in [0, 0.1) is 6.92 Å². The number of benzene rings is 1. The van der Waals surface area contributed by atoms with E-state index < -0.39 is 5.60 Å². The largest absolute Gasteiger partial charge is 0.496 e. The van der Waals surface area contributed by atoms with Gasteiger partial charge in [0.15, 0.2) is 0 Å². The summed E-state index contributed by atoms with van der Waals surface area (Å²) in [5.41, 5.74) is 2.70. The number of esters is 1. The molecular formula is C15H21NO3. The molecule has 0 saturated heterocycles. The van der Waals surface area contributed by atoms with Crippen molar-refractivity contribution in [3.8, 4) is 5.75 Å². The number of methoxy groups -OCH3 is 1. The molecule has 1 N–H and O–H groups in total. The van der Waals surface area contributed by atoms with Crippen LogP contribution in [0.15, 0.2) is 12.1 Å². The van der Waals surface area contributed by atoms with Crippen molar-refractivity contribution in [1.82, 2.24) is 0 Å². The van der Waals surface area contributed by atoms with Crippen molar-refractivity contribution in [2.24, 2.45) is 0 Å². The predicted octanol–water partition coefficient (Wildman–Crippen LogP) is 2.68. The highest BCUT2D eigenvalue weighted by Crippen LogP contribution is 2.36. The lowest BCUT2D eigenvalue weighted by atomic mass is 10.1. The molecule has 1 aromatic rings. The molecule has 0 spiro atoms. The number of rotatable bonds is 2. The van der Waals surface area contributed by atoms with Gasteiger partial charge < -0.3 is 14.8 Å². The fourth-order valence-corrected chi connectivity index (χ4v) is 2.29. The molecule has 0 bridgehead atoms. The molecule has 0 amide bonds. The van der Waals surface area contributed by atoms with Gasteiger partial charge in [0.25, 0.3) is 0 Å². The third kappa shape index (κ3) is 2.83. The Balaban J connectivity index is 2.20. The first-order valence-corrected chi connectivity index (χ1v) is 6.47. The van der Waals surface area contributed by atoms with E-state index in [1.165, 1.54) is 0 Å². The van der Waals surface area contributed by atoms with Crippen molar-refractivity contribution in [2.45, 2.75) is 45.8 Å². The molecule has 1 atom stereocenters. The summed E-state index contributed by atoms with van der Waals surface area (Å²) in [6.45, 7) is 7.64. The van der Waals surface area contributed by atoms with Crippen LogP contribution in [0.5, 0.6) is 5.75 Å². The molecule has 1 aromatic carbocycles. The minimum absolute atomic E-state index is 0.217. The second-order valence-electron chi connectivity index (χ2n) is 5.87. The quantitative estimate of drug-likeness (QED) is 0.833. The molecule has 4 heteroatoms. The average molecular weight is 263 g/mol. The Bertz CT molecular complexity index is 503. The maximum atomic E-state index is 12.1. The highest BCUT2D eigenvalue weighted by molar-refractivity contribution is 5.84. The minimum atomic E-state index is -0.466. The predicted molar refractivity (Wildman–Crippen MR) is 74.7 cm³/mol. The SMILES string of the molecule is COc1ccc(C)c2c1CC(C(=O)OC(C)(C)C)N2. The zero-order valence-corrected chi connectivity index (χ0v) is 12.2. The van der Waals surface area contributed by atoms with Gasteiger partial charge in [0.1, 0.15) is 17.4 Å². The first-order valence-electron chi connectivity index (χ1n) is 6.47. The van der Waals surface area contributed by atoms with Gasteiger partial charge in [-0.25, -0.2) is 4.79 Å². The Hall–Kier alpha value is -1.71. The minimum Gasteiger partial charge on any atom is -0.496 e. The molecule has 0 fully saturated rings. The number of fused-ring (bicyclic) bond motifs is 1. The van der Waals surface area contributed by atoms with Crippen molar-refractivity contribution >= 4 is 11.7 Å². The molecular weight excluding hydrogens is 242 g/mol. The third-order valence-electron chi connectivity index (χ3n) is 3.12. The highest BCUT2D eigenvalue weighted by Gasteiger charge is 2.33. The normalized spacial score (nSPS) is 17.6. The second kappa shape index (κ2) is 4.76. The van der Waals surface area contributed by atoms with E-state index in [-0.39, 0.29) is 12.0 Å². The van der Waals surface area contributed by atoms with E-state index in [4.69, 9.17) is 9.47 Å². The van der Waals surface area contributed by atoms with E-state index in [2.05, 4.69) is 5.32 Å². The van der Waals surface area contributed by atoms with Crippen molar-refractivity contribution in [1.29, 1.82) is 0 Å². The molecule has 1 aliphatic rings. The molecule has 0 saturated carbocycles. The van der Waals surface area contributed by atoms with Crippen LogP contribution in [0.3, 0.4) is 0 Å². The summed E-state index contributed by atoms with van der Waals surface area (Å²) in [5.74, 6) is 0.601. The second-order valence-corrected chi connectivity index (χ2v) is 5.87. The van der Waals surface area contributed by atoms with Crippen molar-refractivity contribution in [2.75, 3.05) is 12.4 Å². The number of aryl methyl sites for hydroxylation is 1. The van der Waals surface area contributed by atoms with Crippen LogP contribution in [-0.2, 0) is 16.0 Å². The van der Waals surface area contributed by atoms with Crippen LogP contribution in [-0.4, -0.2) is 24.7 Å². The van der Waals surface area contributed by atoms with Crippen LogP contribution in [0.4, 0.5) is 5.69 Å².